The highest BCUT2D eigenvalue weighted by Crippen LogP contribution is 2.23. The normalized spacial score (nSPS) is 23.9. The largest absolute Gasteiger partial charge is 0.392 e. The average Bonchev–Trinajstić information content (AvgIpc) is 2.48. The van der Waals surface area contributed by atoms with Gasteiger partial charge >= 0.3 is 0 Å². The van der Waals surface area contributed by atoms with Crippen molar-refractivity contribution in [2.75, 3.05) is 12.3 Å². The fourth-order valence-corrected chi connectivity index (χ4v) is 3.93. The Kier molecular flexibility index (Phi) is 3.86. The number of hydrogen-bond donors (Lipinski definition) is 1. The van der Waals surface area contributed by atoms with Crippen molar-refractivity contribution in [3.63, 3.8) is 0 Å². The van der Waals surface area contributed by atoms with Crippen molar-refractivity contribution in [3.8, 4) is 0 Å². The van der Waals surface area contributed by atoms with Gasteiger partial charge in [0.05, 0.1) is 4.99 Å². The van der Waals surface area contributed by atoms with Gasteiger partial charge in [0.25, 0.3) is 0 Å². The molecule has 1 aliphatic rings. The van der Waals surface area contributed by atoms with Crippen molar-refractivity contribution in [3.05, 3.63) is 0 Å². The molecule has 0 aliphatic carbocycles. The van der Waals surface area contributed by atoms with Gasteiger partial charge in [0.2, 0.25) is 10.0 Å². The summed E-state index contributed by atoms with van der Waals surface area (Å²) >= 11 is 4.63. The topological polar surface area (TPSA) is 63.4 Å². The lowest BCUT2D eigenvalue weighted by molar-refractivity contribution is 0.382. The number of thiocarbonyl (C=S) groups is 1. The maximum Gasteiger partial charge on any atom is 0.220 e. The van der Waals surface area contributed by atoms with Crippen molar-refractivity contribution in [2.24, 2.45) is 5.73 Å². The van der Waals surface area contributed by atoms with E-state index in [1.807, 2.05) is 6.92 Å². The van der Waals surface area contributed by atoms with Crippen LogP contribution in [-0.2, 0) is 10.0 Å². The third-order valence-electron chi connectivity index (χ3n) is 2.48. The van der Waals surface area contributed by atoms with Crippen LogP contribution in [0, 0.1) is 0 Å². The van der Waals surface area contributed by atoms with E-state index in [0.717, 1.165) is 19.3 Å². The lowest BCUT2D eigenvalue weighted by Crippen LogP contribution is -2.39. The molecule has 1 aliphatic heterocycles. The van der Waals surface area contributed by atoms with Crippen molar-refractivity contribution in [2.45, 2.75) is 32.2 Å². The van der Waals surface area contributed by atoms with Crippen LogP contribution in [-0.4, -0.2) is 36.1 Å². The molecule has 82 valence electrons. The molecule has 0 saturated carbocycles. The molecule has 1 unspecified atom stereocenters. The van der Waals surface area contributed by atoms with Crippen LogP contribution < -0.4 is 5.73 Å². The number of rotatable bonds is 4. The summed E-state index contributed by atoms with van der Waals surface area (Å²) in [6.45, 7) is 2.61. The van der Waals surface area contributed by atoms with E-state index in [1.165, 1.54) is 0 Å². The Morgan fingerprint density at radius 2 is 2.29 bits per heavy atom. The summed E-state index contributed by atoms with van der Waals surface area (Å²) < 4.78 is 25.1. The molecule has 1 saturated heterocycles. The first-order valence-corrected chi connectivity index (χ1v) is 6.77. The Morgan fingerprint density at radius 1 is 1.64 bits per heavy atom. The van der Waals surface area contributed by atoms with Crippen molar-refractivity contribution < 1.29 is 8.42 Å². The highest BCUT2D eigenvalue weighted by atomic mass is 32.2. The molecule has 0 spiro atoms. The Bertz CT molecular complexity index is 313. The van der Waals surface area contributed by atoms with E-state index < -0.39 is 10.0 Å². The molecule has 2 N–H and O–H groups in total. The minimum atomic E-state index is -3.25. The number of nitrogens with two attached hydrogens (primary N) is 1. The van der Waals surface area contributed by atoms with Crippen LogP contribution in [0.1, 0.15) is 26.2 Å². The Labute approximate surface area is 90.5 Å². The first kappa shape index (κ1) is 11.9. The van der Waals surface area contributed by atoms with Gasteiger partial charge in [0, 0.05) is 12.6 Å². The third-order valence-corrected chi connectivity index (χ3v) is 4.67. The molecule has 1 rings (SSSR count). The number of sulfonamides is 1. The zero-order chi connectivity index (χ0) is 10.8. The van der Waals surface area contributed by atoms with Crippen LogP contribution in [0.2, 0.25) is 0 Å². The van der Waals surface area contributed by atoms with E-state index in [-0.39, 0.29) is 16.8 Å². The summed E-state index contributed by atoms with van der Waals surface area (Å²) in [7, 11) is -3.25. The van der Waals surface area contributed by atoms with Gasteiger partial charge in [-0.25, -0.2) is 8.42 Å². The van der Waals surface area contributed by atoms with Gasteiger partial charge in [0.15, 0.2) is 0 Å². The molecule has 1 atom stereocenters. The monoisotopic (exact) mass is 236 g/mol. The van der Waals surface area contributed by atoms with Gasteiger partial charge < -0.3 is 5.73 Å². The minimum absolute atomic E-state index is 0.0479. The molecule has 0 aromatic carbocycles. The molecular weight excluding hydrogens is 220 g/mol. The van der Waals surface area contributed by atoms with Gasteiger partial charge in [-0.3, -0.25) is 0 Å². The molecule has 0 bridgehead atoms. The van der Waals surface area contributed by atoms with Crippen LogP contribution in [0.3, 0.4) is 0 Å². The van der Waals surface area contributed by atoms with E-state index >= 15 is 0 Å². The Hall–Kier alpha value is -0.200. The van der Waals surface area contributed by atoms with Crippen LogP contribution in [0.4, 0.5) is 0 Å². The van der Waals surface area contributed by atoms with Gasteiger partial charge in [-0.2, -0.15) is 4.31 Å². The molecule has 4 nitrogen and oxygen atoms in total. The highest BCUT2D eigenvalue weighted by Gasteiger charge is 2.32. The zero-order valence-corrected chi connectivity index (χ0v) is 9.90. The van der Waals surface area contributed by atoms with Gasteiger partial charge in [-0.1, -0.05) is 19.1 Å². The number of nitrogens with zero attached hydrogens (tertiary/aromatic N) is 1. The van der Waals surface area contributed by atoms with Crippen molar-refractivity contribution >= 4 is 27.2 Å². The van der Waals surface area contributed by atoms with E-state index in [4.69, 9.17) is 5.73 Å². The fourth-order valence-electron chi connectivity index (χ4n) is 1.85. The molecule has 6 heteroatoms. The quantitative estimate of drug-likeness (QED) is 0.721. The van der Waals surface area contributed by atoms with Gasteiger partial charge in [-0.05, 0) is 19.3 Å². The Balaban J connectivity index is 2.76. The third kappa shape index (κ3) is 2.65. The lowest BCUT2D eigenvalue weighted by Gasteiger charge is -2.22. The highest BCUT2D eigenvalue weighted by molar-refractivity contribution is 7.92. The predicted octanol–water partition coefficient (Wildman–Crippen LogP) is 0.477. The molecule has 0 aromatic rings. The SMILES string of the molecule is CCC1CCCN1S(=O)(=O)CC(N)=S. The second-order valence-corrected chi connectivity index (χ2v) is 5.98. The van der Waals surface area contributed by atoms with Crippen LogP contribution in [0.5, 0.6) is 0 Å². The van der Waals surface area contributed by atoms with Crippen LogP contribution >= 0.6 is 12.2 Å². The standard InChI is InChI=1S/C8H16N2O2S2/c1-2-7-4-3-5-10(7)14(11,12)6-8(9)13/h7H,2-6H2,1H3,(H2,9,13). The maximum atomic E-state index is 11.8. The van der Waals surface area contributed by atoms with Crippen molar-refractivity contribution in [1.29, 1.82) is 0 Å². The van der Waals surface area contributed by atoms with E-state index in [2.05, 4.69) is 12.2 Å². The first-order chi connectivity index (χ1) is 6.47. The summed E-state index contributed by atoms with van der Waals surface area (Å²) in [4.78, 5) is 0.0479. The first-order valence-electron chi connectivity index (χ1n) is 4.75. The summed E-state index contributed by atoms with van der Waals surface area (Å²) in [5, 5.41) is 0. The summed E-state index contributed by atoms with van der Waals surface area (Å²) in [5.41, 5.74) is 5.26. The smallest absolute Gasteiger partial charge is 0.220 e. The van der Waals surface area contributed by atoms with Crippen LogP contribution in [0.15, 0.2) is 0 Å². The fraction of sp³-hybridized carbons (Fsp3) is 0.875. The molecule has 0 radical (unpaired) electrons. The van der Waals surface area contributed by atoms with Gasteiger partial charge in [0.1, 0.15) is 5.75 Å². The van der Waals surface area contributed by atoms with Gasteiger partial charge in [-0.15, -0.1) is 0 Å². The summed E-state index contributed by atoms with van der Waals surface area (Å²) in [6.07, 6.45) is 2.75. The second-order valence-electron chi connectivity index (χ2n) is 3.54. The summed E-state index contributed by atoms with van der Waals surface area (Å²) in [6, 6.07) is 0.148. The zero-order valence-electron chi connectivity index (χ0n) is 8.27. The summed E-state index contributed by atoms with van der Waals surface area (Å²) in [5.74, 6) is -0.196. The molecule has 0 aromatic heterocycles. The molecule has 1 heterocycles. The predicted molar refractivity (Wildman–Crippen MR) is 60.6 cm³/mol. The average molecular weight is 236 g/mol. The van der Waals surface area contributed by atoms with Crippen LogP contribution in [0.25, 0.3) is 0 Å². The molecule has 0 amide bonds. The maximum absolute atomic E-state index is 11.8. The number of hydrogen-bond acceptors (Lipinski definition) is 3. The van der Waals surface area contributed by atoms with Crippen molar-refractivity contribution in [1.82, 2.24) is 4.31 Å². The second kappa shape index (κ2) is 4.55. The molecule has 1 fully saturated rings. The molecule has 14 heavy (non-hydrogen) atoms. The Morgan fingerprint density at radius 3 is 2.79 bits per heavy atom. The molecular formula is C8H16N2O2S2. The van der Waals surface area contributed by atoms with E-state index in [0.29, 0.717) is 6.54 Å². The lowest BCUT2D eigenvalue weighted by atomic mass is 10.2. The van der Waals surface area contributed by atoms with E-state index in [1.54, 1.807) is 4.31 Å². The van der Waals surface area contributed by atoms with E-state index in [9.17, 15) is 8.42 Å². The minimum Gasteiger partial charge on any atom is -0.392 e.